The zero-order valence-electron chi connectivity index (χ0n) is 16.6. The Labute approximate surface area is 170 Å². The second-order valence-electron chi connectivity index (χ2n) is 7.69. The summed E-state index contributed by atoms with van der Waals surface area (Å²) in [5.74, 6) is 0.367. The lowest BCUT2D eigenvalue weighted by atomic mass is 9.87. The number of H-pyrrole nitrogens is 1. The fraction of sp³-hybridized carbons (Fsp3) is 0.348. The molecule has 0 spiro atoms. The van der Waals surface area contributed by atoms with E-state index in [0.29, 0.717) is 19.5 Å². The fourth-order valence-corrected chi connectivity index (χ4v) is 4.25. The molecule has 3 aromatic rings. The molecule has 3 heterocycles. The second-order valence-corrected chi connectivity index (χ2v) is 7.69. The van der Waals surface area contributed by atoms with Gasteiger partial charge in [0.25, 0.3) is 0 Å². The van der Waals surface area contributed by atoms with Gasteiger partial charge in [-0.2, -0.15) is 0 Å². The molecule has 1 fully saturated rings. The molecule has 1 saturated heterocycles. The van der Waals surface area contributed by atoms with E-state index in [-0.39, 0.29) is 23.8 Å². The van der Waals surface area contributed by atoms with Crippen LogP contribution in [-0.4, -0.2) is 39.8 Å². The number of rotatable bonds is 5. The third kappa shape index (κ3) is 4.31. The Morgan fingerprint density at radius 1 is 1.17 bits per heavy atom. The Morgan fingerprint density at radius 3 is 2.66 bits per heavy atom. The number of para-hydroxylation sites is 1. The van der Waals surface area contributed by atoms with E-state index in [0.717, 1.165) is 35.0 Å². The SMILES string of the molecule is CC(=O)N[C@@H](c1ccccn1)C1CCN(C(=O)Cc2c[nH]c3ccccc23)CC1. The molecule has 1 aromatic carbocycles. The van der Waals surface area contributed by atoms with Gasteiger partial charge >= 0.3 is 0 Å². The molecule has 6 nitrogen and oxygen atoms in total. The molecule has 29 heavy (non-hydrogen) atoms. The summed E-state index contributed by atoms with van der Waals surface area (Å²) < 4.78 is 0. The van der Waals surface area contributed by atoms with Crippen LogP contribution in [0.25, 0.3) is 10.9 Å². The van der Waals surface area contributed by atoms with E-state index in [4.69, 9.17) is 0 Å². The monoisotopic (exact) mass is 390 g/mol. The molecule has 0 aliphatic carbocycles. The molecule has 0 bridgehead atoms. The van der Waals surface area contributed by atoms with Crippen molar-refractivity contribution in [3.05, 3.63) is 66.1 Å². The molecule has 0 saturated carbocycles. The van der Waals surface area contributed by atoms with Crippen LogP contribution in [-0.2, 0) is 16.0 Å². The fourth-order valence-electron chi connectivity index (χ4n) is 4.25. The lowest BCUT2D eigenvalue weighted by Crippen LogP contribution is -2.43. The highest BCUT2D eigenvalue weighted by Crippen LogP contribution is 2.30. The maximum Gasteiger partial charge on any atom is 0.227 e. The first-order chi connectivity index (χ1) is 14.1. The normalized spacial score (nSPS) is 16.0. The number of carbonyl (C=O) groups is 2. The van der Waals surface area contributed by atoms with E-state index in [1.165, 1.54) is 6.92 Å². The number of hydrogen-bond donors (Lipinski definition) is 2. The number of fused-ring (bicyclic) bond motifs is 1. The van der Waals surface area contributed by atoms with E-state index >= 15 is 0 Å². The first-order valence-electron chi connectivity index (χ1n) is 10.1. The lowest BCUT2D eigenvalue weighted by molar-refractivity contribution is -0.132. The number of nitrogens with zero attached hydrogens (tertiary/aromatic N) is 2. The summed E-state index contributed by atoms with van der Waals surface area (Å²) in [6.45, 7) is 2.94. The number of piperidine rings is 1. The highest BCUT2D eigenvalue weighted by molar-refractivity contribution is 5.88. The first kappa shape index (κ1) is 19.2. The minimum atomic E-state index is -0.112. The number of nitrogens with one attached hydrogen (secondary N) is 2. The molecule has 2 amide bonds. The Bertz CT molecular complexity index is 990. The maximum atomic E-state index is 12.9. The quantitative estimate of drug-likeness (QED) is 0.702. The molecular weight excluding hydrogens is 364 g/mol. The Balaban J connectivity index is 1.40. The predicted octanol–water partition coefficient (Wildman–Crippen LogP) is 3.22. The topological polar surface area (TPSA) is 78.1 Å². The molecule has 4 rings (SSSR count). The summed E-state index contributed by atoms with van der Waals surface area (Å²) in [7, 11) is 0. The Hall–Kier alpha value is -3.15. The molecule has 1 atom stereocenters. The van der Waals surface area contributed by atoms with Crippen LogP contribution in [0.4, 0.5) is 0 Å². The summed E-state index contributed by atoms with van der Waals surface area (Å²) >= 11 is 0. The third-order valence-corrected chi connectivity index (χ3v) is 5.75. The van der Waals surface area contributed by atoms with Gasteiger partial charge in [-0.05, 0) is 42.5 Å². The summed E-state index contributed by atoms with van der Waals surface area (Å²) in [5, 5.41) is 4.17. The molecule has 1 aliphatic heterocycles. The lowest BCUT2D eigenvalue weighted by Gasteiger charge is -2.36. The highest BCUT2D eigenvalue weighted by Gasteiger charge is 2.30. The molecule has 0 radical (unpaired) electrons. The van der Waals surface area contributed by atoms with Gasteiger partial charge < -0.3 is 15.2 Å². The van der Waals surface area contributed by atoms with Crippen molar-refractivity contribution in [3.63, 3.8) is 0 Å². The van der Waals surface area contributed by atoms with Crippen LogP contribution < -0.4 is 5.32 Å². The van der Waals surface area contributed by atoms with Crippen molar-refractivity contribution in [1.29, 1.82) is 0 Å². The van der Waals surface area contributed by atoms with E-state index in [2.05, 4.69) is 15.3 Å². The smallest absolute Gasteiger partial charge is 0.227 e. The molecule has 150 valence electrons. The minimum absolute atomic E-state index is 0.0569. The molecular formula is C23H26N4O2. The number of hydrogen-bond acceptors (Lipinski definition) is 3. The Morgan fingerprint density at radius 2 is 1.93 bits per heavy atom. The van der Waals surface area contributed by atoms with Gasteiger partial charge in [-0.25, -0.2) is 0 Å². The van der Waals surface area contributed by atoms with E-state index < -0.39 is 0 Å². The first-order valence-corrected chi connectivity index (χ1v) is 10.1. The number of carbonyl (C=O) groups excluding carboxylic acids is 2. The zero-order chi connectivity index (χ0) is 20.2. The number of benzene rings is 1. The van der Waals surface area contributed by atoms with Crippen LogP contribution in [0.3, 0.4) is 0 Å². The van der Waals surface area contributed by atoms with Gasteiger partial charge in [0, 0.05) is 43.3 Å². The van der Waals surface area contributed by atoms with E-state index in [1.54, 1.807) is 6.20 Å². The van der Waals surface area contributed by atoms with Crippen LogP contribution >= 0.6 is 0 Å². The van der Waals surface area contributed by atoms with Gasteiger partial charge in [-0.3, -0.25) is 14.6 Å². The predicted molar refractivity (Wildman–Crippen MR) is 112 cm³/mol. The largest absolute Gasteiger partial charge is 0.361 e. The molecule has 2 N–H and O–H groups in total. The second kappa shape index (κ2) is 8.47. The summed E-state index contributed by atoms with van der Waals surface area (Å²) in [6, 6.07) is 13.7. The highest BCUT2D eigenvalue weighted by atomic mass is 16.2. The van der Waals surface area contributed by atoms with Crippen LogP contribution in [0.15, 0.2) is 54.9 Å². The molecule has 0 unspecified atom stereocenters. The van der Waals surface area contributed by atoms with Gasteiger partial charge in [0.05, 0.1) is 18.2 Å². The van der Waals surface area contributed by atoms with Gasteiger partial charge in [-0.1, -0.05) is 24.3 Å². The van der Waals surface area contributed by atoms with Crippen LogP contribution in [0, 0.1) is 5.92 Å². The average molecular weight is 390 g/mol. The van der Waals surface area contributed by atoms with Crippen molar-refractivity contribution in [2.24, 2.45) is 5.92 Å². The van der Waals surface area contributed by atoms with Crippen LogP contribution in [0.2, 0.25) is 0 Å². The van der Waals surface area contributed by atoms with Crippen molar-refractivity contribution in [2.75, 3.05) is 13.1 Å². The third-order valence-electron chi connectivity index (χ3n) is 5.75. The average Bonchev–Trinajstić information content (AvgIpc) is 3.15. The van der Waals surface area contributed by atoms with Crippen molar-refractivity contribution in [1.82, 2.24) is 20.2 Å². The molecule has 6 heteroatoms. The maximum absolute atomic E-state index is 12.9. The Kier molecular flexibility index (Phi) is 5.60. The van der Waals surface area contributed by atoms with Crippen LogP contribution in [0.1, 0.15) is 37.1 Å². The summed E-state index contributed by atoms with van der Waals surface area (Å²) in [6.07, 6.45) is 5.79. The number of likely N-dealkylation sites (tertiary alicyclic amines) is 1. The van der Waals surface area contributed by atoms with E-state index in [9.17, 15) is 9.59 Å². The van der Waals surface area contributed by atoms with Gasteiger partial charge in [0.15, 0.2) is 0 Å². The van der Waals surface area contributed by atoms with Crippen molar-refractivity contribution in [3.8, 4) is 0 Å². The number of amides is 2. The summed E-state index contributed by atoms with van der Waals surface area (Å²) in [4.78, 5) is 34.2. The van der Waals surface area contributed by atoms with E-state index in [1.807, 2.05) is 53.6 Å². The van der Waals surface area contributed by atoms with Gasteiger partial charge in [-0.15, -0.1) is 0 Å². The van der Waals surface area contributed by atoms with Crippen molar-refractivity contribution < 1.29 is 9.59 Å². The molecule has 2 aromatic heterocycles. The standard InChI is InChI=1S/C23H26N4O2/c1-16(28)26-23(21-8-4-5-11-24-21)17-9-12-27(13-10-17)22(29)14-18-15-25-20-7-3-2-6-19(18)20/h2-8,11,15,17,23,25H,9-10,12-14H2,1H3,(H,26,28)/t23-/m1/s1. The van der Waals surface area contributed by atoms with Crippen molar-refractivity contribution >= 4 is 22.7 Å². The van der Waals surface area contributed by atoms with Gasteiger partial charge in [0.1, 0.15) is 0 Å². The number of pyridine rings is 1. The summed E-state index contributed by atoms with van der Waals surface area (Å²) in [5.41, 5.74) is 2.98. The number of aromatic nitrogens is 2. The number of aromatic amines is 1. The van der Waals surface area contributed by atoms with Crippen molar-refractivity contribution in [2.45, 2.75) is 32.2 Å². The molecule has 1 aliphatic rings. The van der Waals surface area contributed by atoms with Crippen LogP contribution in [0.5, 0.6) is 0 Å². The minimum Gasteiger partial charge on any atom is -0.361 e. The van der Waals surface area contributed by atoms with Gasteiger partial charge in [0.2, 0.25) is 11.8 Å². The zero-order valence-corrected chi connectivity index (χ0v) is 16.6.